The quantitative estimate of drug-likeness (QED) is 0.623. The van der Waals surface area contributed by atoms with E-state index in [4.69, 9.17) is 0 Å². The number of hydrogen-bond acceptors (Lipinski definition) is 2. The van der Waals surface area contributed by atoms with Crippen LogP contribution in [0.3, 0.4) is 0 Å². The first-order valence-electron chi connectivity index (χ1n) is 3.14. The highest BCUT2D eigenvalue weighted by molar-refractivity contribution is 5.85. The van der Waals surface area contributed by atoms with E-state index in [2.05, 4.69) is 38.0 Å². The van der Waals surface area contributed by atoms with Gasteiger partial charge in [-0.3, -0.25) is 0 Å². The smallest absolute Gasteiger partial charge is 0.0104 e. The van der Waals surface area contributed by atoms with E-state index in [0.29, 0.717) is 0 Å². The second kappa shape index (κ2) is 9.50. The number of rotatable bonds is 3. The van der Waals surface area contributed by atoms with Crippen LogP contribution >= 0.6 is 24.8 Å². The van der Waals surface area contributed by atoms with Crippen molar-refractivity contribution in [2.75, 3.05) is 27.2 Å². The Hall–Kier alpha value is 0.500. The molecule has 0 aliphatic carbocycles. The summed E-state index contributed by atoms with van der Waals surface area (Å²) in [6, 6.07) is 0. The van der Waals surface area contributed by atoms with Gasteiger partial charge in [-0.15, -0.1) is 24.8 Å². The fourth-order valence-electron chi connectivity index (χ4n) is 0.789. The molecule has 0 fully saturated rings. The standard InChI is InChI=1S/C6H16N2.2ClH/c1-5-8(6-2)7(3)4;;/h5-6H2,1-4H3;2*1H. The Balaban J connectivity index is -0.000000245. The molecule has 0 amide bonds. The lowest BCUT2D eigenvalue weighted by Gasteiger charge is -2.25. The van der Waals surface area contributed by atoms with Gasteiger partial charge in [0.1, 0.15) is 0 Å². The third kappa shape index (κ3) is 6.62. The molecule has 0 atom stereocenters. The van der Waals surface area contributed by atoms with Gasteiger partial charge >= 0.3 is 0 Å². The van der Waals surface area contributed by atoms with Crippen LogP contribution in [0.15, 0.2) is 0 Å². The fourth-order valence-corrected chi connectivity index (χ4v) is 0.789. The van der Waals surface area contributed by atoms with Gasteiger partial charge in [0, 0.05) is 27.2 Å². The summed E-state index contributed by atoms with van der Waals surface area (Å²) in [6.45, 7) is 6.51. The van der Waals surface area contributed by atoms with Crippen LogP contribution in [-0.4, -0.2) is 37.2 Å². The Morgan fingerprint density at radius 2 is 1.20 bits per heavy atom. The maximum atomic E-state index is 2.25. The molecule has 0 radical (unpaired) electrons. The molecule has 0 unspecified atom stereocenters. The van der Waals surface area contributed by atoms with E-state index in [1.54, 1.807) is 0 Å². The highest BCUT2D eigenvalue weighted by Gasteiger charge is 1.97. The monoisotopic (exact) mass is 188 g/mol. The minimum absolute atomic E-state index is 0. The van der Waals surface area contributed by atoms with Crippen molar-refractivity contribution in [3.63, 3.8) is 0 Å². The average Bonchev–Trinajstić information content (AvgIpc) is 1.69. The van der Waals surface area contributed by atoms with Crippen molar-refractivity contribution >= 4 is 24.8 Å². The normalized spacial score (nSPS) is 9.00. The first-order chi connectivity index (χ1) is 3.72. The van der Waals surface area contributed by atoms with Crippen molar-refractivity contribution in [2.24, 2.45) is 0 Å². The molecule has 66 valence electrons. The molecule has 0 saturated carbocycles. The molecular formula is C6H18Cl2N2. The van der Waals surface area contributed by atoms with Gasteiger partial charge in [-0.2, -0.15) is 0 Å². The third-order valence-electron chi connectivity index (χ3n) is 1.30. The summed E-state index contributed by atoms with van der Waals surface area (Å²) in [5, 5.41) is 4.36. The van der Waals surface area contributed by atoms with Gasteiger partial charge in [0.2, 0.25) is 0 Å². The molecule has 10 heavy (non-hydrogen) atoms. The van der Waals surface area contributed by atoms with Crippen molar-refractivity contribution < 1.29 is 0 Å². The predicted octanol–water partition coefficient (Wildman–Crippen LogP) is 1.65. The van der Waals surface area contributed by atoms with Gasteiger partial charge in [-0.05, 0) is 0 Å². The summed E-state index contributed by atoms with van der Waals surface area (Å²) < 4.78 is 0. The Morgan fingerprint density at radius 3 is 1.20 bits per heavy atom. The zero-order chi connectivity index (χ0) is 6.57. The average molecular weight is 189 g/mol. The van der Waals surface area contributed by atoms with Crippen molar-refractivity contribution in [3.05, 3.63) is 0 Å². The first kappa shape index (κ1) is 16.8. The molecule has 2 nitrogen and oxygen atoms in total. The molecule has 0 aromatic carbocycles. The summed E-state index contributed by atoms with van der Waals surface area (Å²) >= 11 is 0. The van der Waals surface area contributed by atoms with E-state index in [9.17, 15) is 0 Å². The van der Waals surface area contributed by atoms with Crippen LogP contribution in [0.25, 0.3) is 0 Å². The lowest BCUT2D eigenvalue weighted by atomic mass is 10.6. The van der Waals surface area contributed by atoms with Crippen LogP contribution in [-0.2, 0) is 0 Å². The Labute approximate surface area is 76.4 Å². The number of nitrogens with zero attached hydrogens (tertiary/aromatic N) is 2. The van der Waals surface area contributed by atoms with E-state index in [0.717, 1.165) is 13.1 Å². The summed E-state index contributed by atoms with van der Waals surface area (Å²) in [5.74, 6) is 0. The van der Waals surface area contributed by atoms with Gasteiger partial charge in [0.15, 0.2) is 0 Å². The second-order valence-corrected chi connectivity index (χ2v) is 1.99. The summed E-state index contributed by atoms with van der Waals surface area (Å²) in [4.78, 5) is 0. The van der Waals surface area contributed by atoms with Crippen LogP contribution in [0.1, 0.15) is 13.8 Å². The topological polar surface area (TPSA) is 6.48 Å². The summed E-state index contributed by atoms with van der Waals surface area (Å²) in [7, 11) is 4.12. The maximum absolute atomic E-state index is 2.25. The molecule has 0 rings (SSSR count). The number of halogens is 2. The van der Waals surface area contributed by atoms with E-state index in [1.807, 2.05) is 0 Å². The van der Waals surface area contributed by atoms with E-state index >= 15 is 0 Å². The van der Waals surface area contributed by atoms with Crippen molar-refractivity contribution in [1.29, 1.82) is 0 Å². The highest BCUT2D eigenvalue weighted by atomic mass is 35.5. The lowest BCUT2D eigenvalue weighted by molar-refractivity contribution is 0.0373. The lowest BCUT2D eigenvalue weighted by Crippen LogP contribution is -2.36. The van der Waals surface area contributed by atoms with Gasteiger partial charge in [0.05, 0.1) is 0 Å². The van der Waals surface area contributed by atoms with Crippen LogP contribution in [0.2, 0.25) is 0 Å². The minimum Gasteiger partial charge on any atom is -0.248 e. The maximum Gasteiger partial charge on any atom is 0.0104 e. The van der Waals surface area contributed by atoms with Crippen molar-refractivity contribution in [2.45, 2.75) is 13.8 Å². The minimum atomic E-state index is 0. The van der Waals surface area contributed by atoms with Crippen LogP contribution < -0.4 is 0 Å². The molecule has 0 aromatic rings. The SMILES string of the molecule is CCN(CC)N(C)C.Cl.Cl. The molecular weight excluding hydrogens is 171 g/mol. The third-order valence-corrected chi connectivity index (χ3v) is 1.30. The molecule has 0 spiro atoms. The van der Waals surface area contributed by atoms with E-state index in [-0.39, 0.29) is 24.8 Å². The van der Waals surface area contributed by atoms with Gasteiger partial charge in [0.25, 0.3) is 0 Å². The molecule has 0 aliphatic rings. The molecule has 0 aliphatic heterocycles. The molecule has 0 bridgehead atoms. The Kier molecular flexibility index (Phi) is 16.0. The van der Waals surface area contributed by atoms with Crippen molar-refractivity contribution in [3.8, 4) is 0 Å². The first-order valence-corrected chi connectivity index (χ1v) is 3.14. The van der Waals surface area contributed by atoms with E-state index in [1.165, 1.54) is 0 Å². The van der Waals surface area contributed by atoms with Gasteiger partial charge < -0.3 is 0 Å². The van der Waals surface area contributed by atoms with E-state index < -0.39 is 0 Å². The van der Waals surface area contributed by atoms with Crippen molar-refractivity contribution in [1.82, 2.24) is 10.0 Å². The van der Waals surface area contributed by atoms with Gasteiger partial charge in [-0.25, -0.2) is 10.0 Å². The predicted molar refractivity (Wildman–Crippen MR) is 51.1 cm³/mol. The van der Waals surface area contributed by atoms with Crippen LogP contribution in [0, 0.1) is 0 Å². The van der Waals surface area contributed by atoms with Crippen LogP contribution in [0.4, 0.5) is 0 Å². The molecule has 0 saturated heterocycles. The molecule has 0 N–H and O–H groups in total. The molecule has 0 aromatic heterocycles. The highest BCUT2D eigenvalue weighted by Crippen LogP contribution is 1.86. The summed E-state index contributed by atoms with van der Waals surface area (Å²) in [6.07, 6.45) is 0. The Morgan fingerprint density at radius 1 is 0.900 bits per heavy atom. The Bertz CT molecular complexity index is 55.7. The second-order valence-electron chi connectivity index (χ2n) is 1.99. The number of hydrogen-bond donors (Lipinski definition) is 0. The van der Waals surface area contributed by atoms with Gasteiger partial charge in [-0.1, -0.05) is 13.8 Å². The number of hydrazine groups is 1. The molecule has 0 heterocycles. The largest absolute Gasteiger partial charge is 0.248 e. The van der Waals surface area contributed by atoms with Crippen LogP contribution in [0.5, 0.6) is 0 Å². The zero-order valence-corrected chi connectivity index (χ0v) is 8.76. The zero-order valence-electron chi connectivity index (χ0n) is 7.13. The fraction of sp³-hybridized carbons (Fsp3) is 1.00. The molecule has 4 heteroatoms. The summed E-state index contributed by atoms with van der Waals surface area (Å²) in [5.41, 5.74) is 0.